The number of hydrogen-bond donors (Lipinski definition) is 0. The van der Waals surface area contributed by atoms with Gasteiger partial charge in [0.15, 0.2) is 22.5 Å². The molecule has 1 aromatic heterocycles. The van der Waals surface area contributed by atoms with Gasteiger partial charge in [0.25, 0.3) is 0 Å². The maximum Gasteiger partial charge on any atom is 0.196 e. The molecule has 6 heteroatoms. The van der Waals surface area contributed by atoms with Gasteiger partial charge in [-0.2, -0.15) is 0 Å². The van der Waals surface area contributed by atoms with E-state index in [4.69, 9.17) is 9.47 Å². The third kappa shape index (κ3) is 4.50. The average Bonchev–Trinajstić information content (AvgIpc) is 3.23. The van der Waals surface area contributed by atoms with E-state index in [1.165, 1.54) is 22.3 Å². The van der Waals surface area contributed by atoms with Crippen molar-refractivity contribution in [2.75, 3.05) is 14.2 Å². The molecule has 0 saturated heterocycles. The van der Waals surface area contributed by atoms with E-state index in [9.17, 15) is 0 Å². The van der Waals surface area contributed by atoms with Gasteiger partial charge in [0, 0.05) is 17.0 Å². The van der Waals surface area contributed by atoms with Gasteiger partial charge in [-0.25, -0.2) is 0 Å². The second-order valence-electron chi connectivity index (χ2n) is 7.75. The monoisotopic (exact) mass is 445 g/mol. The number of thioether (sulfide) groups is 1. The fraction of sp³-hybridized carbons (Fsp3) is 0.231. The number of hydrogen-bond acceptors (Lipinski definition) is 5. The smallest absolute Gasteiger partial charge is 0.196 e. The van der Waals surface area contributed by atoms with Crippen LogP contribution in [0.25, 0.3) is 17.1 Å². The van der Waals surface area contributed by atoms with Crippen LogP contribution in [0.15, 0.2) is 65.8 Å². The van der Waals surface area contributed by atoms with Crippen molar-refractivity contribution in [1.29, 1.82) is 0 Å². The van der Waals surface area contributed by atoms with Gasteiger partial charge in [0.2, 0.25) is 0 Å². The summed E-state index contributed by atoms with van der Waals surface area (Å²) in [4.78, 5) is 0. The third-order valence-corrected chi connectivity index (χ3v) is 6.51. The van der Waals surface area contributed by atoms with E-state index >= 15 is 0 Å². The molecule has 0 N–H and O–H groups in total. The van der Waals surface area contributed by atoms with Gasteiger partial charge in [-0.05, 0) is 67.8 Å². The molecule has 32 heavy (non-hydrogen) atoms. The topological polar surface area (TPSA) is 49.2 Å². The van der Waals surface area contributed by atoms with Gasteiger partial charge in [-0.3, -0.25) is 4.57 Å². The summed E-state index contributed by atoms with van der Waals surface area (Å²) in [5.74, 6) is 2.92. The minimum Gasteiger partial charge on any atom is -0.493 e. The first-order valence-corrected chi connectivity index (χ1v) is 11.4. The van der Waals surface area contributed by atoms with E-state index in [-0.39, 0.29) is 0 Å². The minimum atomic E-state index is 0.660. The molecule has 0 aliphatic heterocycles. The Morgan fingerprint density at radius 1 is 0.781 bits per heavy atom. The summed E-state index contributed by atoms with van der Waals surface area (Å²) in [5.41, 5.74) is 7.01. The highest BCUT2D eigenvalue weighted by molar-refractivity contribution is 7.98. The minimum absolute atomic E-state index is 0.660. The van der Waals surface area contributed by atoms with Gasteiger partial charge < -0.3 is 9.47 Å². The van der Waals surface area contributed by atoms with Crippen LogP contribution in [0.4, 0.5) is 0 Å². The SMILES string of the molecule is COc1ccc(-c2nnc(SCc3ccc(C)c(C)c3)n2-c2ccc(C)cc2)cc1OC. The van der Waals surface area contributed by atoms with Gasteiger partial charge in [-0.1, -0.05) is 47.7 Å². The predicted octanol–water partition coefficient (Wildman–Crippen LogP) is 6.17. The normalized spacial score (nSPS) is 10.9. The Hall–Kier alpha value is -3.25. The molecule has 4 rings (SSSR count). The van der Waals surface area contributed by atoms with Crippen molar-refractivity contribution >= 4 is 11.8 Å². The molecule has 0 atom stereocenters. The lowest BCUT2D eigenvalue weighted by Crippen LogP contribution is -2.00. The van der Waals surface area contributed by atoms with Gasteiger partial charge in [0.05, 0.1) is 14.2 Å². The highest BCUT2D eigenvalue weighted by Crippen LogP contribution is 2.35. The number of methoxy groups -OCH3 is 2. The van der Waals surface area contributed by atoms with Crippen LogP contribution < -0.4 is 9.47 Å². The highest BCUT2D eigenvalue weighted by atomic mass is 32.2. The number of aromatic nitrogens is 3. The maximum absolute atomic E-state index is 5.50. The number of nitrogens with zero attached hydrogens (tertiary/aromatic N) is 3. The quantitative estimate of drug-likeness (QED) is 0.318. The molecule has 0 amide bonds. The van der Waals surface area contributed by atoms with E-state index in [2.05, 4.69) is 78.0 Å². The van der Waals surface area contributed by atoms with Gasteiger partial charge in [-0.15, -0.1) is 10.2 Å². The Bertz CT molecular complexity index is 1230. The number of rotatable bonds is 7. The molecule has 164 valence electrons. The lowest BCUT2D eigenvalue weighted by molar-refractivity contribution is 0.355. The van der Waals surface area contributed by atoms with Crippen molar-refractivity contribution < 1.29 is 9.47 Å². The first-order chi connectivity index (χ1) is 15.5. The van der Waals surface area contributed by atoms with Crippen molar-refractivity contribution in [2.45, 2.75) is 31.7 Å². The molecule has 1 heterocycles. The number of benzene rings is 3. The molecule has 3 aromatic carbocycles. The Morgan fingerprint density at radius 3 is 2.22 bits per heavy atom. The summed E-state index contributed by atoms with van der Waals surface area (Å²) in [7, 11) is 3.27. The summed E-state index contributed by atoms with van der Waals surface area (Å²) in [6.07, 6.45) is 0. The molecule has 0 unspecified atom stereocenters. The Balaban J connectivity index is 1.75. The molecule has 0 saturated carbocycles. The van der Waals surface area contributed by atoms with Crippen LogP contribution in [0.3, 0.4) is 0 Å². The van der Waals surface area contributed by atoms with Crippen LogP contribution in [-0.4, -0.2) is 29.0 Å². The zero-order chi connectivity index (χ0) is 22.7. The molecule has 0 spiro atoms. The summed E-state index contributed by atoms with van der Waals surface area (Å²) in [6, 6.07) is 20.8. The molecule has 0 aliphatic rings. The van der Waals surface area contributed by atoms with E-state index in [1.54, 1.807) is 26.0 Å². The molecule has 0 aliphatic carbocycles. The first kappa shape index (κ1) is 22.0. The van der Waals surface area contributed by atoms with Crippen molar-refractivity contribution in [1.82, 2.24) is 14.8 Å². The molecule has 5 nitrogen and oxygen atoms in total. The van der Waals surface area contributed by atoms with E-state index in [0.717, 1.165) is 28.0 Å². The predicted molar refractivity (Wildman–Crippen MR) is 130 cm³/mol. The summed E-state index contributed by atoms with van der Waals surface area (Å²) in [6.45, 7) is 6.36. The second-order valence-corrected chi connectivity index (χ2v) is 8.70. The van der Waals surface area contributed by atoms with Crippen LogP contribution in [0.1, 0.15) is 22.3 Å². The van der Waals surface area contributed by atoms with Crippen molar-refractivity contribution in [2.24, 2.45) is 0 Å². The van der Waals surface area contributed by atoms with Crippen LogP contribution in [0.2, 0.25) is 0 Å². The molecule has 4 aromatic rings. The lowest BCUT2D eigenvalue weighted by Gasteiger charge is -2.13. The zero-order valence-electron chi connectivity index (χ0n) is 19.0. The van der Waals surface area contributed by atoms with Crippen molar-refractivity contribution in [3.63, 3.8) is 0 Å². The second kappa shape index (κ2) is 9.49. The fourth-order valence-corrected chi connectivity index (χ4v) is 4.39. The van der Waals surface area contributed by atoms with Crippen LogP contribution in [0, 0.1) is 20.8 Å². The third-order valence-electron chi connectivity index (χ3n) is 5.51. The molecule has 0 fully saturated rings. The highest BCUT2D eigenvalue weighted by Gasteiger charge is 2.18. The Morgan fingerprint density at radius 2 is 1.53 bits per heavy atom. The standard InChI is InChI=1S/C26H27N3O2S/c1-17-6-11-22(12-7-17)29-25(21-10-13-23(30-4)24(15-21)31-5)27-28-26(29)32-16-20-9-8-18(2)19(3)14-20/h6-15H,16H2,1-5H3. The summed E-state index contributed by atoms with van der Waals surface area (Å²) < 4.78 is 13.0. The fourth-order valence-electron chi connectivity index (χ4n) is 3.49. The Kier molecular flexibility index (Phi) is 6.51. The maximum atomic E-state index is 5.50. The van der Waals surface area contributed by atoms with Crippen LogP contribution in [0.5, 0.6) is 11.5 Å². The number of aryl methyl sites for hydroxylation is 3. The Labute approximate surface area is 193 Å². The molecular formula is C26H27N3O2S. The van der Waals surface area contributed by atoms with E-state index in [0.29, 0.717) is 11.5 Å². The molecular weight excluding hydrogens is 418 g/mol. The van der Waals surface area contributed by atoms with Crippen LogP contribution in [-0.2, 0) is 5.75 Å². The van der Waals surface area contributed by atoms with Crippen molar-refractivity contribution in [3.05, 3.63) is 82.9 Å². The zero-order valence-corrected chi connectivity index (χ0v) is 19.9. The molecule has 0 bridgehead atoms. The van der Waals surface area contributed by atoms with Gasteiger partial charge in [0.1, 0.15) is 0 Å². The van der Waals surface area contributed by atoms with Gasteiger partial charge >= 0.3 is 0 Å². The summed E-state index contributed by atoms with van der Waals surface area (Å²) >= 11 is 1.68. The van der Waals surface area contributed by atoms with Crippen molar-refractivity contribution in [3.8, 4) is 28.6 Å². The summed E-state index contributed by atoms with van der Waals surface area (Å²) in [5, 5.41) is 9.95. The largest absolute Gasteiger partial charge is 0.493 e. The first-order valence-electron chi connectivity index (χ1n) is 10.4. The average molecular weight is 446 g/mol. The lowest BCUT2D eigenvalue weighted by atomic mass is 10.1. The molecule has 0 radical (unpaired) electrons. The van der Waals surface area contributed by atoms with Crippen LogP contribution >= 0.6 is 11.8 Å². The van der Waals surface area contributed by atoms with E-state index in [1.807, 2.05) is 18.2 Å². The number of ether oxygens (including phenoxy) is 2. The van der Waals surface area contributed by atoms with E-state index < -0.39 is 0 Å².